The molecule has 0 amide bonds. The van der Waals surface area contributed by atoms with E-state index in [4.69, 9.17) is 30.3 Å². The van der Waals surface area contributed by atoms with Crippen LogP contribution in [0.25, 0.3) is 0 Å². The zero-order chi connectivity index (χ0) is 12.1. The predicted octanol–water partition coefficient (Wildman–Crippen LogP) is 2.86. The fourth-order valence-electron chi connectivity index (χ4n) is 2.02. The molecule has 1 fully saturated rings. The van der Waals surface area contributed by atoms with E-state index in [0.717, 1.165) is 18.8 Å². The first-order valence-corrected chi connectivity index (χ1v) is 10.8. The minimum atomic E-state index is -0.472. The van der Waals surface area contributed by atoms with Crippen molar-refractivity contribution in [2.24, 2.45) is 22.8 Å². The normalized spacial score (nSPS) is 32.1. The summed E-state index contributed by atoms with van der Waals surface area (Å²) < 4.78 is 0. The molecule has 96 valence electrons. The molecule has 0 bridgehead atoms. The van der Waals surface area contributed by atoms with E-state index in [9.17, 15) is 0 Å². The third-order valence-corrected chi connectivity index (χ3v) is 3.18. The van der Waals surface area contributed by atoms with E-state index < -0.39 is 16.5 Å². The predicted molar refractivity (Wildman–Crippen MR) is 64.5 cm³/mol. The SMILES string of the molecule is CC(C)(C)C1CCC(N)C(N)C1.[Cl][Pt][Cl]. The van der Waals surface area contributed by atoms with E-state index in [-0.39, 0.29) is 12.1 Å². The topological polar surface area (TPSA) is 52.0 Å². The van der Waals surface area contributed by atoms with Crippen molar-refractivity contribution in [3.05, 3.63) is 0 Å². The van der Waals surface area contributed by atoms with Crippen LogP contribution in [-0.4, -0.2) is 12.1 Å². The summed E-state index contributed by atoms with van der Waals surface area (Å²) in [6.07, 6.45) is 3.45. The first kappa shape index (κ1) is 16.2. The molecule has 1 aliphatic rings. The van der Waals surface area contributed by atoms with Gasteiger partial charge in [0.2, 0.25) is 0 Å². The Bertz CT molecular complexity index is 173. The zero-order valence-corrected chi connectivity index (χ0v) is 13.4. The molecule has 2 nitrogen and oxygen atoms in total. The third kappa shape index (κ3) is 6.48. The Morgan fingerprint density at radius 2 is 1.53 bits per heavy atom. The van der Waals surface area contributed by atoms with E-state index in [1.54, 1.807) is 0 Å². The van der Waals surface area contributed by atoms with Crippen LogP contribution in [0.4, 0.5) is 0 Å². The van der Waals surface area contributed by atoms with Crippen molar-refractivity contribution in [3.63, 3.8) is 0 Å². The minimum absolute atomic E-state index is 0.225. The molecule has 0 spiro atoms. The van der Waals surface area contributed by atoms with Gasteiger partial charge in [-0.25, -0.2) is 0 Å². The molecule has 0 aromatic carbocycles. The van der Waals surface area contributed by atoms with Crippen LogP contribution in [-0.2, 0) is 16.5 Å². The van der Waals surface area contributed by atoms with Crippen molar-refractivity contribution in [2.45, 2.75) is 52.1 Å². The maximum absolute atomic E-state index is 5.94. The summed E-state index contributed by atoms with van der Waals surface area (Å²) >= 11 is -0.472. The molecule has 0 aromatic rings. The Balaban J connectivity index is 0.000000583. The average Bonchev–Trinajstić information content (AvgIpc) is 2.09. The Labute approximate surface area is 110 Å². The second kappa shape index (κ2) is 7.50. The molecular formula is C10H22Cl2N2Pt. The monoisotopic (exact) mass is 435 g/mol. The van der Waals surface area contributed by atoms with Gasteiger partial charge in [-0.1, -0.05) is 20.8 Å². The number of rotatable bonds is 0. The Kier molecular flexibility index (Phi) is 8.10. The average molecular weight is 436 g/mol. The molecule has 3 unspecified atom stereocenters. The van der Waals surface area contributed by atoms with Crippen LogP contribution in [0.5, 0.6) is 0 Å². The molecule has 0 aromatic heterocycles. The van der Waals surface area contributed by atoms with E-state index in [2.05, 4.69) is 20.8 Å². The summed E-state index contributed by atoms with van der Waals surface area (Å²) in [7, 11) is 9.75. The first-order valence-electron chi connectivity index (χ1n) is 5.16. The molecular weight excluding hydrogens is 414 g/mol. The van der Waals surface area contributed by atoms with Gasteiger partial charge in [0.05, 0.1) is 0 Å². The van der Waals surface area contributed by atoms with Crippen molar-refractivity contribution in [2.75, 3.05) is 0 Å². The van der Waals surface area contributed by atoms with Gasteiger partial charge in [-0.15, -0.1) is 0 Å². The standard InChI is InChI=1S/C10H22N2.2ClH.Pt/c1-10(2,3)7-4-5-8(11)9(12)6-7;;;/h7-9H,4-6,11-12H2,1-3H3;2*1H;/q;;;+2/p-2. The Hall–Kier alpha value is 1.19. The van der Waals surface area contributed by atoms with Gasteiger partial charge in [0.15, 0.2) is 0 Å². The summed E-state index contributed by atoms with van der Waals surface area (Å²) in [6.45, 7) is 6.88. The van der Waals surface area contributed by atoms with Gasteiger partial charge < -0.3 is 11.5 Å². The van der Waals surface area contributed by atoms with E-state index in [1.165, 1.54) is 6.42 Å². The van der Waals surface area contributed by atoms with Gasteiger partial charge in [0.1, 0.15) is 0 Å². The van der Waals surface area contributed by atoms with Crippen molar-refractivity contribution < 1.29 is 16.5 Å². The van der Waals surface area contributed by atoms with Crippen LogP contribution in [0.3, 0.4) is 0 Å². The van der Waals surface area contributed by atoms with Gasteiger partial charge in [0.25, 0.3) is 0 Å². The van der Waals surface area contributed by atoms with Crippen molar-refractivity contribution in [1.29, 1.82) is 0 Å². The number of nitrogens with two attached hydrogens (primary N) is 2. The van der Waals surface area contributed by atoms with Crippen LogP contribution >= 0.6 is 18.8 Å². The third-order valence-electron chi connectivity index (χ3n) is 3.18. The van der Waals surface area contributed by atoms with Crippen molar-refractivity contribution in [1.82, 2.24) is 0 Å². The second-order valence-electron chi connectivity index (χ2n) is 5.25. The molecule has 0 saturated heterocycles. The fourth-order valence-corrected chi connectivity index (χ4v) is 2.02. The van der Waals surface area contributed by atoms with Crippen LogP contribution in [0.1, 0.15) is 40.0 Å². The number of halogens is 2. The summed E-state index contributed by atoms with van der Waals surface area (Å²) in [5.41, 5.74) is 12.2. The van der Waals surface area contributed by atoms with Gasteiger partial charge in [0, 0.05) is 12.1 Å². The van der Waals surface area contributed by atoms with Crippen LogP contribution in [0, 0.1) is 11.3 Å². The van der Waals surface area contributed by atoms with Crippen LogP contribution < -0.4 is 11.5 Å². The van der Waals surface area contributed by atoms with Gasteiger partial charge >= 0.3 is 35.3 Å². The molecule has 5 heteroatoms. The summed E-state index contributed by atoms with van der Waals surface area (Å²) in [6, 6.07) is 0.464. The number of hydrogen-bond donors (Lipinski definition) is 2. The first-order chi connectivity index (χ1) is 6.82. The molecule has 0 heterocycles. The molecule has 1 saturated carbocycles. The van der Waals surface area contributed by atoms with Crippen LogP contribution in [0.15, 0.2) is 0 Å². The molecule has 1 aliphatic carbocycles. The van der Waals surface area contributed by atoms with Crippen molar-refractivity contribution in [3.8, 4) is 0 Å². The summed E-state index contributed by atoms with van der Waals surface area (Å²) in [5.74, 6) is 0.757. The quantitative estimate of drug-likeness (QED) is 0.614. The van der Waals surface area contributed by atoms with E-state index in [1.807, 2.05) is 0 Å². The van der Waals surface area contributed by atoms with Gasteiger partial charge in [-0.05, 0) is 30.6 Å². The molecule has 1 rings (SSSR count). The fraction of sp³-hybridized carbons (Fsp3) is 1.00. The van der Waals surface area contributed by atoms with Gasteiger partial charge in [-0.3, -0.25) is 0 Å². The number of hydrogen-bond acceptors (Lipinski definition) is 2. The van der Waals surface area contributed by atoms with E-state index in [0.29, 0.717) is 5.41 Å². The molecule has 4 N–H and O–H groups in total. The summed E-state index contributed by atoms with van der Waals surface area (Å²) in [4.78, 5) is 0. The Morgan fingerprint density at radius 1 is 1.07 bits per heavy atom. The van der Waals surface area contributed by atoms with Crippen LogP contribution in [0.2, 0.25) is 0 Å². The zero-order valence-electron chi connectivity index (χ0n) is 9.58. The second-order valence-corrected chi connectivity index (χ2v) is 8.53. The molecule has 0 aliphatic heterocycles. The van der Waals surface area contributed by atoms with Crippen molar-refractivity contribution >= 4 is 18.8 Å². The summed E-state index contributed by atoms with van der Waals surface area (Å²) in [5, 5.41) is 0. The maximum atomic E-state index is 5.94. The Morgan fingerprint density at radius 3 is 1.87 bits per heavy atom. The molecule has 0 radical (unpaired) electrons. The van der Waals surface area contributed by atoms with E-state index >= 15 is 0 Å². The molecule has 15 heavy (non-hydrogen) atoms. The molecule has 3 atom stereocenters. The van der Waals surface area contributed by atoms with Gasteiger partial charge in [-0.2, -0.15) is 0 Å².